The number of hydrogen-bond donors (Lipinski definition) is 4. The standard InChI is InChI=1S/C22H30N4O4S/c1-4-23-22(28)26-18-9-19(27)21-15(18)8-20(31(29,30)25-10-12(2)3)14-7-17(13-5-6-13)24-11-16(14)21/h7-8,11-13,18-19,25,27H,4-6,9-10H2,1-3H3,(H2,23,26,28)/t18-,19-/m1/s1. The van der Waals surface area contributed by atoms with E-state index in [1.54, 1.807) is 12.3 Å². The van der Waals surface area contributed by atoms with Gasteiger partial charge in [-0.15, -0.1) is 0 Å². The van der Waals surface area contributed by atoms with E-state index in [0.717, 1.165) is 18.5 Å². The molecular weight excluding hydrogens is 416 g/mol. The molecule has 1 fully saturated rings. The Labute approximate surface area is 182 Å². The van der Waals surface area contributed by atoms with Gasteiger partial charge in [-0.25, -0.2) is 17.9 Å². The maximum atomic E-state index is 13.3. The first-order chi connectivity index (χ1) is 14.7. The number of carbonyl (C=O) groups excluding carboxylic acids is 1. The van der Waals surface area contributed by atoms with Crippen LogP contribution < -0.4 is 15.4 Å². The molecule has 2 atom stereocenters. The molecular formula is C22H30N4O4S. The molecule has 0 spiro atoms. The van der Waals surface area contributed by atoms with Gasteiger partial charge in [0, 0.05) is 48.1 Å². The van der Waals surface area contributed by atoms with Crippen molar-refractivity contribution in [3.63, 3.8) is 0 Å². The highest BCUT2D eigenvalue weighted by atomic mass is 32.2. The number of aromatic nitrogens is 1. The number of benzene rings is 1. The largest absolute Gasteiger partial charge is 0.388 e. The van der Waals surface area contributed by atoms with Crippen LogP contribution >= 0.6 is 0 Å². The predicted molar refractivity (Wildman–Crippen MR) is 118 cm³/mol. The van der Waals surface area contributed by atoms with Crippen LogP contribution in [0, 0.1) is 5.92 Å². The Kier molecular flexibility index (Phi) is 5.93. The van der Waals surface area contributed by atoms with Crippen molar-refractivity contribution in [2.75, 3.05) is 13.1 Å². The number of nitrogens with one attached hydrogen (secondary N) is 3. The van der Waals surface area contributed by atoms with E-state index in [9.17, 15) is 18.3 Å². The number of carbonyl (C=O) groups is 1. The van der Waals surface area contributed by atoms with Gasteiger partial charge in [-0.3, -0.25) is 4.98 Å². The molecule has 168 valence electrons. The third-order valence-electron chi connectivity index (χ3n) is 5.86. The summed E-state index contributed by atoms with van der Waals surface area (Å²) in [4.78, 5) is 16.9. The van der Waals surface area contributed by atoms with Gasteiger partial charge in [-0.05, 0) is 48.9 Å². The molecule has 2 aromatic rings. The summed E-state index contributed by atoms with van der Waals surface area (Å²) in [6, 6.07) is 2.64. The summed E-state index contributed by atoms with van der Waals surface area (Å²) in [6.45, 7) is 6.50. The van der Waals surface area contributed by atoms with Crippen molar-refractivity contribution >= 4 is 26.8 Å². The van der Waals surface area contributed by atoms with E-state index in [-0.39, 0.29) is 23.3 Å². The molecule has 4 rings (SSSR count). The van der Waals surface area contributed by atoms with Crippen molar-refractivity contribution < 1.29 is 18.3 Å². The van der Waals surface area contributed by atoms with Crippen LogP contribution in [0.4, 0.5) is 4.79 Å². The van der Waals surface area contributed by atoms with Gasteiger partial charge < -0.3 is 15.7 Å². The Hall–Kier alpha value is -2.23. The third-order valence-corrected chi connectivity index (χ3v) is 7.32. The maximum Gasteiger partial charge on any atom is 0.315 e. The first kappa shape index (κ1) is 22.0. The summed E-state index contributed by atoms with van der Waals surface area (Å²) in [6.07, 6.45) is 3.27. The van der Waals surface area contributed by atoms with Gasteiger partial charge in [0.05, 0.1) is 17.0 Å². The Balaban J connectivity index is 1.86. The van der Waals surface area contributed by atoms with Crippen LogP contribution in [-0.2, 0) is 10.0 Å². The molecule has 0 bridgehead atoms. The summed E-state index contributed by atoms with van der Waals surface area (Å²) >= 11 is 0. The van der Waals surface area contributed by atoms with E-state index in [1.807, 2.05) is 26.8 Å². The minimum atomic E-state index is -3.79. The number of amides is 2. The lowest BCUT2D eigenvalue weighted by Crippen LogP contribution is -2.37. The Bertz CT molecular complexity index is 1110. The number of aliphatic hydroxyl groups is 1. The fourth-order valence-corrected chi connectivity index (χ4v) is 5.60. The van der Waals surface area contributed by atoms with Gasteiger partial charge in [-0.2, -0.15) is 0 Å². The average Bonchev–Trinajstić information content (AvgIpc) is 3.51. The molecule has 1 aromatic carbocycles. The number of fused-ring (bicyclic) bond motifs is 3. The van der Waals surface area contributed by atoms with Gasteiger partial charge in [0.25, 0.3) is 0 Å². The highest BCUT2D eigenvalue weighted by Crippen LogP contribution is 2.46. The normalized spacial score (nSPS) is 20.8. The lowest BCUT2D eigenvalue weighted by Gasteiger charge is -2.18. The van der Waals surface area contributed by atoms with Crippen LogP contribution in [0.2, 0.25) is 0 Å². The summed E-state index contributed by atoms with van der Waals surface area (Å²) < 4.78 is 29.2. The lowest BCUT2D eigenvalue weighted by molar-refractivity contribution is 0.170. The number of nitrogens with zero attached hydrogens (tertiary/aromatic N) is 1. The molecule has 1 aromatic heterocycles. The zero-order valence-electron chi connectivity index (χ0n) is 18.1. The van der Waals surface area contributed by atoms with Gasteiger partial charge in [-0.1, -0.05) is 13.8 Å². The molecule has 1 saturated carbocycles. The zero-order chi connectivity index (χ0) is 22.3. The minimum absolute atomic E-state index is 0.160. The van der Waals surface area contributed by atoms with Crippen LogP contribution in [0.3, 0.4) is 0 Å². The van der Waals surface area contributed by atoms with Gasteiger partial charge in [0.15, 0.2) is 0 Å². The second kappa shape index (κ2) is 8.37. The number of pyridine rings is 1. The molecule has 2 amide bonds. The first-order valence-electron chi connectivity index (χ1n) is 10.9. The molecule has 0 saturated heterocycles. The predicted octanol–water partition coefficient (Wildman–Crippen LogP) is 2.84. The number of hydrogen-bond acceptors (Lipinski definition) is 5. The van der Waals surface area contributed by atoms with E-state index in [4.69, 9.17) is 0 Å². The van der Waals surface area contributed by atoms with E-state index >= 15 is 0 Å². The van der Waals surface area contributed by atoms with Crippen LogP contribution in [0.25, 0.3) is 10.8 Å². The first-order valence-corrected chi connectivity index (χ1v) is 12.4. The fraction of sp³-hybridized carbons (Fsp3) is 0.545. The fourth-order valence-electron chi connectivity index (χ4n) is 4.16. The van der Waals surface area contributed by atoms with Crippen LogP contribution in [0.5, 0.6) is 0 Å². The topological polar surface area (TPSA) is 120 Å². The van der Waals surface area contributed by atoms with E-state index < -0.39 is 22.2 Å². The van der Waals surface area contributed by atoms with E-state index in [0.29, 0.717) is 40.9 Å². The molecule has 9 heteroatoms. The molecule has 4 N–H and O–H groups in total. The van der Waals surface area contributed by atoms with Gasteiger partial charge in [0.2, 0.25) is 10.0 Å². The molecule has 1 heterocycles. The number of aliphatic hydroxyl groups excluding tert-OH is 1. The SMILES string of the molecule is CCNC(=O)N[C@@H]1C[C@@H](O)c2c1cc(S(=O)(=O)NCC(C)C)c1cc(C3CC3)ncc21. The van der Waals surface area contributed by atoms with Gasteiger partial charge >= 0.3 is 6.03 Å². The number of sulfonamides is 1. The minimum Gasteiger partial charge on any atom is -0.388 e. The number of urea groups is 1. The molecule has 8 nitrogen and oxygen atoms in total. The van der Waals surface area contributed by atoms with Crippen molar-refractivity contribution in [1.82, 2.24) is 20.3 Å². The molecule has 31 heavy (non-hydrogen) atoms. The Morgan fingerprint density at radius 2 is 2.00 bits per heavy atom. The van der Waals surface area contributed by atoms with Crippen molar-refractivity contribution in [3.05, 3.63) is 35.2 Å². The highest BCUT2D eigenvalue weighted by molar-refractivity contribution is 7.89. The summed E-state index contributed by atoms with van der Waals surface area (Å²) in [5, 5.41) is 17.5. The quantitative estimate of drug-likeness (QED) is 0.521. The smallest absolute Gasteiger partial charge is 0.315 e. The van der Waals surface area contributed by atoms with Crippen LogP contribution in [-0.4, -0.2) is 37.6 Å². The molecule has 2 aliphatic rings. The second-order valence-electron chi connectivity index (χ2n) is 8.86. The Morgan fingerprint density at radius 3 is 2.65 bits per heavy atom. The lowest BCUT2D eigenvalue weighted by atomic mass is 9.99. The summed E-state index contributed by atoms with van der Waals surface area (Å²) in [5.41, 5.74) is 2.16. The molecule has 0 unspecified atom stereocenters. The summed E-state index contributed by atoms with van der Waals surface area (Å²) in [5.74, 6) is 0.530. The monoisotopic (exact) mass is 446 g/mol. The Morgan fingerprint density at radius 1 is 1.26 bits per heavy atom. The molecule has 0 radical (unpaired) electrons. The van der Waals surface area contributed by atoms with Gasteiger partial charge in [0.1, 0.15) is 0 Å². The molecule has 2 aliphatic carbocycles. The zero-order valence-corrected chi connectivity index (χ0v) is 18.9. The average molecular weight is 447 g/mol. The number of rotatable bonds is 7. The third kappa shape index (κ3) is 4.40. The van der Waals surface area contributed by atoms with Crippen molar-refractivity contribution in [3.8, 4) is 0 Å². The van der Waals surface area contributed by atoms with E-state index in [1.165, 1.54) is 0 Å². The van der Waals surface area contributed by atoms with Crippen molar-refractivity contribution in [1.29, 1.82) is 0 Å². The van der Waals surface area contributed by atoms with E-state index in [2.05, 4.69) is 20.3 Å². The second-order valence-corrected chi connectivity index (χ2v) is 10.6. The molecule has 0 aliphatic heterocycles. The van der Waals surface area contributed by atoms with Crippen LogP contribution in [0.1, 0.15) is 74.9 Å². The van der Waals surface area contributed by atoms with Crippen molar-refractivity contribution in [2.45, 2.75) is 63.0 Å². The summed E-state index contributed by atoms with van der Waals surface area (Å²) in [7, 11) is -3.79. The maximum absolute atomic E-state index is 13.3. The highest BCUT2D eigenvalue weighted by Gasteiger charge is 2.36. The van der Waals surface area contributed by atoms with Crippen LogP contribution in [0.15, 0.2) is 23.2 Å². The van der Waals surface area contributed by atoms with Crippen molar-refractivity contribution in [2.24, 2.45) is 5.92 Å².